The summed E-state index contributed by atoms with van der Waals surface area (Å²) in [6.45, 7) is 6.03. The van der Waals surface area contributed by atoms with Gasteiger partial charge in [0.05, 0.1) is 0 Å². The van der Waals surface area contributed by atoms with Crippen molar-refractivity contribution in [3.8, 4) is 0 Å². The van der Waals surface area contributed by atoms with Crippen LogP contribution >= 0.6 is 0 Å². The second-order valence-corrected chi connectivity index (χ2v) is 14.4. The van der Waals surface area contributed by atoms with Gasteiger partial charge in [-0.05, 0) is 89.9 Å². The average Bonchev–Trinajstić information content (AvgIpc) is 3.28. The Labute approximate surface area is 383 Å². The monoisotopic (exact) mass is 861 g/mol. The second kappa shape index (κ2) is 49.2. The largest absolute Gasteiger partial charge is 0.462 e. The van der Waals surface area contributed by atoms with Crippen LogP contribution in [0.25, 0.3) is 0 Å². The van der Waals surface area contributed by atoms with Crippen LogP contribution in [0.15, 0.2) is 182 Å². The first-order valence-corrected chi connectivity index (χ1v) is 23.4. The number of hydrogen-bond donors (Lipinski definition) is 0. The third-order valence-corrected chi connectivity index (χ3v) is 8.64. The van der Waals surface area contributed by atoms with E-state index in [1.807, 2.05) is 103 Å². The van der Waals surface area contributed by atoms with Gasteiger partial charge < -0.3 is 14.2 Å². The molecule has 0 saturated carbocycles. The molecule has 0 spiro atoms. The molecule has 1 unspecified atom stereocenters. The van der Waals surface area contributed by atoms with Crippen molar-refractivity contribution in [2.75, 3.05) is 13.2 Å². The molecule has 6 heteroatoms. The molecule has 0 heterocycles. The van der Waals surface area contributed by atoms with Crippen LogP contribution in [0.4, 0.5) is 0 Å². The number of rotatable bonds is 38. The van der Waals surface area contributed by atoms with Crippen LogP contribution in [0.3, 0.4) is 0 Å². The summed E-state index contributed by atoms with van der Waals surface area (Å²) < 4.78 is 16.6. The standard InChI is InChI=1S/C57H80O6/c1-4-7-10-13-16-19-22-25-27-28-30-32-35-38-41-44-47-50-56(59)62-53-54(52-61-55(58)49-46-43-40-37-34-31-24-21-18-15-12-9-6-3)63-57(60)51-48-45-42-39-36-33-29-26-23-20-17-14-11-8-5-2/h7-12,14-21,23-27,29-34,36-38,40-41,54H,4-6,13,22,28,35,39,42-53H2,1-3H3/b10-7+,11-8+,12-9+,17-14+,18-15+,19-16+,23-20+,24-21+,27-25+,29-26+,32-30+,34-31+,36-33+,40-37+,41-38+. The van der Waals surface area contributed by atoms with Gasteiger partial charge in [-0.15, -0.1) is 0 Å². The lowest BCUT2D eigenvalue weighted by molar-refractivity contribution is -0.167. The summed E-state index contributed by atoms with van der Waals surface area (Å²) in [5.41, 5.74) is 0. The maximum absolute atomic E-state index is 12.7. The van der Waals surface area contributed by atoms with Crippen LogP contribution in [0.1, 0.15) is 136 Å². The van der Waals surface area contributed by atoms with E-state index < -0.39 is 12.1 Å². The van der Waals surface area contributed by atoms with Gasteiger partial charge in [-0.2, -0.15) is 0 Å². The molecule has 0 aliphatic rings. The van der Waals surface area contributed by atoms with E-state index in [1.54, 1.807) is 0 Å². The lowest BCUT2D eigenvalue weighted by Crippen LogP contribution is -2.30. The van der Waals surface area contributed by atoms with E-state index in [-0.39, 0.29) is 44.4 Å². The van der Waals surface area contributed by atoms with Crippen LogP contribution in [-0.4, -0.2) is 37.2 Å². The Morgan fingerprint density at radius 1 is 0.333 bits per heavy atom. The number of hydrogen-bond acceptors (Lipinski definition) is 6. The van der Waals surface area contributed by atoms with Gasteiger partial charge in [0.2, 0.25) is 0 Å². The third kappa shape index (κ3) is 47.4. The topological polar surface area (TPSA) is 78.9 Å². The van der Waals surface area contributed by atoms with Gasteiger partial charge in [0.1, 0.15) is 13.2 Å². The Morgan fingerprint density at radius 3 is 1.10 bits per heavy atom. The van der Waals surface area contributed by atoms with E-state index in [9.17, 15) is 14.4 Å². The second-order valence-electron chi connectivity index (χ2n) is 14.4. The van der Waals surface area contributed by atoms with E-state index >= 15 is 0 Å². The first-order chi connectivity index (χ1) is 31.0. The molecule has 1 atom stereocenters. The first-order valence-electron chi connectivity index (χ1n) is 23.4. The average molecular weight is 861 g/mol. The van der Waals surface area contributed by atoms with Gasteiger partial charge in [0, 0.05) is 19.3 Å². The predicted molar refractivity (Wildman–Crippen MR) is 269 cm³/mol. The van der Waals surface area contributed by atoms with Crippen molar-refractivity contribution in [3.63, 3.8) is 0 Å². The summed E-state index contributed by atoms with van der Waals surface area (Å²) in [5, 5.41) is 0. The van der Waals surface area contributed by atoms with Crippen molar-refractivity contribution in [2.45, 2.75) is 142 Å². The number of esters is 3. The molecule has 0 bridgehead atoms. The summed E-state index contributed by atoms with van der Waals surface area (Å²) >= 11 is 0. The number of carbonyl (C=O) groups excluding carboxylic acids is 3. The molecule has 0 fully saturated rings. The van der Waals surface area contributed by atoms with Crippen molar-refractivity contribution >= 4 is 17.9 Å². The zero-order chi connectivity index (χ0) is 45.8. The Kier molecular flexibility index (Phi) is 44.9. The molecule has 0 aliphatic carbocycles. The molecule has 0 N–H and O–H groups in total. The fraction of sp³-hybridized carbons (Fsp3) is 0.421. The highest BCUT2D eigenvalue weighted by Crippen LogP contribution is 2.09. The van der Waals surface area contributed by atoms with E-state index in [1.165, 1.54) is 0 Å². The van der Waals surface area contributed by atoms with Gasteiger partial charge in [0.25, 0.3) is 0 Å². The van der Waals surface area contributed by atoms with E-state index in [0.29, 0.717) is 19.3 Å². The summed E-state index contributed by atoms with van der Waals surface area (Å²) in [5.74, 6) is -1.15. The number of carbonyl (C=O) groups is 3. The zero-order valence-electron chi connectivity index (χ0n) is 39.0. The van der Waals surface area contributed by atoms with Crippen molar-refractivity contribution in [3.05, 3.63) is 182 Å². The highest BCUT2D eigenvalue weighted by molar-refractivity contribution is 5.71. The van der Waals surface area contributed by atoms with E-state index in [2.05, 4.69) is 99.8 Å². The minimum Gasteiger partial charge on any atom is -0.462 e. The van der Waals surface area contributed by atoms with Crippen LogP contribution in [0, 0.1) is 0 Å². The van der Waals surface area contributed by atoms with Crippen LogP contribution in [-0.2, 0) is 28.6 Å². The lowest BCUT2D eigenvalue weighted by atomic mass is 10.1. The molecule has 0 aromatic carbocycles. The van der Waals surface area contributed by atoms with Crippen LogP contribution < -0.4 is 0 Å². The Bertz CT molecular complexity index is 1600. The van der Waals surface area contributed by atoms with Gasteiger partial charge >= 0.3 is 17.9 Å². The molecule has 63 heavy (non-hydrogen) atoms. The quantitative estimate of drug-likeness (QED) is 0.0202. The van der Waals surface area contributed by atoms with Gasteiger partial charge in [-0.3, -0.25) is 14.4 Å². The smallest absolute Gasteiger partial charge is 0.306 e. The fourth-order valence-corrected chi connectivity index (χ4v) is 5.23. The van der Waals surface area contributed by atoms with Crippen molar-refractivity contribution in [2.24, 2.45) is 0 Å². The first kappa shape index (κ1) is 57.5. The molecule has 344 valence electrons. The molecule has 0 amide bonds. The zero-order valence-corrected chi connectivity index (χ0v) is 39.0. The third-order valence-electron chi connectivity index (χ3n) is 8.64. The SMILES string of the molecule is CC/C=C/C=C/C=C/C=C/C=C/CCCCCC(=O)OC(COC(=O)CCC/C=C/C=C/C=C/C=C/C=C/CC)COC(=O)CCC/C=C/C/C=C/C/C=C/C/C=C/C/C=C/CC. The Balaban J connectivity index is 4.72. The number of allylic oxidation sites excluding steroid dienone is 30. The summed E-state index contributed by atoms with van der Waals surface area (Å²) in [7, 11) is 0. The minimum absolute atomic E-state index is 0.159. The van der Waals surface area contributed by atoms with Crippen molar-refractivity contribution in [1.82, 2.24) is 0 Å². The number of unbranched alkanes of at least 4 members (excludes halogenated alkanes) is 5. The molecular weight excluding hydrogens is 781 g/mol. The molecule has 6 nitrogen and oxygen atoms in total. The molecule has 0 aromatic rings. The van der Waals surface area contributed by atoms with Gasteiger partial charge in [-0.1, -0.05) is 209 Å². The maximum atomic E-state index is 12.7. The molecular formula is C57H80O6. The molecule has 0 radical (unpaired) electrons. The van der Waals surface area contributed by atoms with Crippen molar-refractivity contribution in [1.29, 1.82) is 0 Å². The Morgan fingerprint density at radius 2 is 0.667 bits per heavy atom. The van der Waals surface area contributed by atoms with E-state index in [0.717, 1.165) is 77.0 Å². The number of ether oxygens (including phenoxy) is 3. The van der Waals surface area contributed by atoms with Gasteiger partial charge in [0.15, 0.2) is 6.10 Å². The summed E-state index contributed by atoms with van der Waals surface area (Å²) in [6, 6.07) is 0. The predicted octanol–water partition coefficient (Wildman–Crippen LogP) is 15.4. The molecule has 0 aromatic heterocycles. The maximum Gasteiger partial charge on any atom is 0.306 e. The fourth-order valence-electron chi connectivity index (χ4n) is 5.23. The van der Waals surface area contributed by atoms with Crippen LogP contribution in [0.2, 0.25) is 0 Å². The Hall–Kier alpha value is -5.49. The summed E-state index contributed by atoms with van der Waals surface area (Å²) in [6.07, 6.45) is 74.6. The normalized spacial score (nSPS) is 13.8. The lowest BCUT2D eigenvalue weighted by Gasteiger charge is -2.18. The highest BCUT2D eigenvalue weighted by atomic mass is 16.6. The molecule has 0 aliphatic heterocycles. The molecule has 0 saturated heterocycles. The van der Waals surface area contributed by atoms with Gasteiger partial charge in [-0.25, -0.2) is 0 Å². The van der Waals surface area contributed by atoms with E-state index in [4.69, 9.17) is 14.2 Å². The minimum atomic E-state index is -0.862. The molecule has 0 rings (SSSR count). The van der Waals surface area contributed by atoms with Crippen molar-refractivity contribution < 1.29 is 28.6 Å². The highest BCUT2D eigenvalue weighted by Gasteiger charge is 2.19. The summed E-state index contributed by atoms with van der Waals surface area (Å²) in [4.78, 5) is 37.8. The van der Waals surface area contributed by atoms with Crippen LogP contribution in [0.5, 0.6) is 0 Å².